The van der Waals surface area contributed by atoms with Crippen molar-refractivity contribution >= 4 is 40.6 Å². The number of Topliss-reactive ketones (excluding diaryl/α,β-unsaturated/α-hetero) is 1. The van der Waals surface area contributed by atoms with Crippen LogP contribution in [0.3, 0.4) is 0 Å². The van der Waals surface area contributed by atoms with Crippen LogP contribution in [0.15, 0.2) is 42.5 Å². The van der Waals surface area contributed by atoms with Gasteiger partial charge in [-0.05, 0) is 30.3 Å². The summed E-state index contributed by atoms with van der Waals surface area (Å²) in [5.74, 6) is -0.0583. The minimum Gasteiger partial charge on any atom is -0.496 e. The van der Waals surface area contributed by atoms with Gasteiger partial charge in [0.05, 0.1) is 23.4 Å². The lowest BCUT2D eigenvalue weighted by atomic mass is 10.1. The molecule has 0 aromatic heterocycles. The van der Waals surface area contributed by atoms with E-state index in [1.54, 1.807) is 36.4 Å². The fourth-order valence-electron chi connectivity index (χ4n) is 2.04. The second kappa shape index (κ2) is 7.99. The number of para-hydroxylation sites is 1. The first-order valence-corrected chi connectivity index (χ1v) is 7.68. The number of halogens is 2. The minimum atomic E-state index is -0.285. The first-order chi connectivity index (χ1) is 11.0. The zero-order chi connectivity index (χ0) is 16.8. The van der Waals surface area contributed by atoms with Crippen LogP contribution in [0.4, 0.5) is 5.69 Å². The molecule has 0 heterocycles. The van der Waals surface area contributed by atoms with E-state index < -0.39 is 0 Å². The van der Waals surface area contributed by atoms with Gasteiger partial charge in [-0.3, -0.25) is 9.59 Å². The van der Waals surface area contributed by atoms with Crippen LogP contribution in [0.1, 0.15) is 23.2 Å². The summed E-state index contributed by atoms with van der Waals surface area (Å²) in [5.41, 5.74) is 0.887. The molecule has 1 amide bonds. The predicted molar refractivity (Wildman–Crippen MR) is 91.7 cm³/mol. The van der Waals surface area contributed by atoms with Crippen LogP contribution in [-0.4, -0.2) is 18.8 Å². The second-order valence-electron chi connectivity index (χ2n) is 4.80. The lowest BCUT2D eigenvalue weighted by Gasteiger charge is -2.09. The van der Waals surface area contributed by atoms with E-state index in [-0.39, 0.29) is 24.5 Å². The summed E-state index contributed by atoms with van der Waals surface area (Å²) < 4.78 is 5.14. The number of benzene rings is 2. The number of amides is 1. The van der Waals surface area contributed by atoms with Gasteiger partial charge in [0.25, 0.3) is 0 Å². The smallest absolute Gasteiger partial charge is 0.224 e. The SMILES string of the molecule is COc1ccc(Cl)cc1C(=O)CCC(=O)Nc1ccccc1Cl. The van der Waals surface area contributed by atoms with E-state index in [9.17, 15) is 9.59 Å². The van der Waals surface area contributed by atoms with Gasteiger partial charge >= 0.3 is 0 Å². The van der Waals surface area contributed by atoms with Crippen molar-refractivity contribution < 1.29 is 14.3 Å². The molecule has 0 saturated carbocycles. The molecule has 120 valence electrons. The van der Waals surface area contributed by atoms with Gasteiger partial charge in [-0.25, -0.2) is 0 Å². The summed E-state index contributed by atoms with van der Waals surface area (Å²) in [6, 6.07) is 11.7. The van der Waals surface area contributed by atoms with Crippen molar-refractivity contribution in [3.63, 3.8) is 0 Å². The standard InChI is InChI=1S/C17H15Cl2NO3/c1-23-16-8-6-11(18)10-12(16)15(21)7-9-17(22)20-14-5-3-2-4-13(14)19/h2-6,8,10H,7,9H2,1H3,(H,20,22). The third-order valence-electron chi connectivity index (χ3n) is 3.19. The summed E-state index contributed by atoms with van der Waals surface area (Å²) in [6.07, 6.45) is 0.0900. The lowest BCUT2D eigenvalue weighted by molar-refractivity contribution is -0.116. The molecule has 0 aliphatic heterocycles. The molecular formula is C17H15Cl2NO3. The molecule has 0 bridgehead atoms. The molecular weight excluding hydrogens is 337 g/mol. The molecule has 4 nitrogen and oxygen atoms in total. The van der Waals surface area contributed by atoms with Gasteiger partial charge in [0, 0.05) is 17.9 Å². The average Bonchev–Trinajstić information content (AvgIpc) is 2.54. The number of hydrogen-bond acceptors (Lipinski definition) is 3. The van der Waals surface area contributed by atoms with Crippen molar-refractivity contribution in [2.24, 2.45) is 0 Å². The molecule has 0 fully saturated rings. The highest BCUT2D eigenvalue weighted by Gasteiger charge is 2.15. The number of carbonyl (C=O) groups excluding carboxylic acids is 2. The molecule has 0 radical (unpaired) electrons. The summed E-state index contributed by atoms with van der Waals surface area (Å²) in [7, 11) is 1.48. The number of carbonyl (C=O) groups is 2. The molecule has 1 N–H and O–H groups in total. The molecule has 0 aliphatic rings. The molecule has 23 heavy (non-hydrogen) atoms. The second-order valence-corrected chi connectivity index (χ2v) is 5.64. The highest BCUT2D eigenvalue weighted by molar-refractivity contribution is 6.33. The average molecular weight is 352 g/mol. The Balaban J connectivity index is 1.98. The third kappa shape index (κ3) is 4.71. The van der Waals surface area contributed by atoms with Gasteiger partial charge in [-0.15, -0.1) is 0 Å². The summed E-state index contributed by atoms with van der Waals surface area (Å²) >= 11 is 11.9. The van der Waals surface area contributed by atoms with Crippen LogP contribution in [0.2, 0.25) is 10.0 Å². The monoisotopic (exact) mass is 351 g/mol. The van der Waals surface area contributed by atoms with E-state index >= 15 is 0 Å². The fourth-order valence-corrected chi connectivity index (χ4v) is 2.39. The Labute approximate surface area is 144 Å². The van der Waals surface area contributed by atoms with E-state index in [4.69, 9.17) is 27.9 Å². The Hall–Kier alpha value is -2.04. The Kier molecular flexibility index (Phi) is 6.02. The molecule has 2 aromatic rings. The number of nitrogens with one attached hydrogen (secondary N) is 1. The Morgan fingerprint density at radius 1 is 1.09 bits per heavy atom. The van der Waals surface area contributed by atoms with E-state index in [2.05, 4.69) is 5.32 Å². The van der Waals surface area contributed by atoms with E-state index in [0.29, 0.717) is 27.0 Å². The molecule has 0 saturated heterocycles. The minimum absolute atomic E-state index is 0.0414. The Bertz CT molecular complexity index is 732. The lowest BCUT2D eigenvalue weighted by Crippen LogP contribution is -2.14. The summed E-state index contributed by atoms with van der Waals surface area (Å²) in [4.78, 5) is 24.2. The number of hydrogen-bond donors (Lipinski definition) is 1. The van der Waals surface area contributed by atoms with Gasteiger partial charge in [0.1, 0.15) is 5.75 Å². The molecule has 0 unspecified atom stereocenters. The third-order valence-corrected chi connectivity index (χ3v) is 3.75. The van der Waals surface area contributed by atoms with Crippen LogP contribution in [-0.2, 0) is 4.79 Å². The van der Waals surface area contributed by atoms with Crippen LogP contribution in [0.5, 0.6) is 5.75 Å². The van der Waals surface area contributed by atoms with Gasteiger partial charge in [-0.1, -0.05) is 35.3 Å². The van der Waals surface area contributed by atoms with Gasteiger partial charge < -0.3 is 10.1 Å². The topological polar surface area (TPSA) is 55.4 Å². The molecule has 0 aliphatic carbocycles. The van der Waals surface area contributed by atoms with E-state index in [1.165, 1.54) is 13.2 Å². The van der Waals surface area contributed by atoms with Crippen molar-refractivity contribution in [2.75, 3.05) is 12.4 Å². The van der Waals surface area contributed by atoms with Crippen LogP contribution >= 0.6 is 23.2 Å². The number of anilines is 1. The zero-order valence-electron chi connectivity index (χ0n) is 12.4. The van der Waals surface area contributed by atoms with Crippen LogP contribution < -0.4 is 10.1 Å². The predicted octanol–water partition coefficient (Wildman–Crippen LogP) is 4.60. The number of ether oxygens (including phenoxy) is 1. The molecule has 0 atom stereocenters. The zero-order valence-corrected chi connectivity index (χ0v) is 13.9. The maximum Gasteiger partial charge on any atom is 0.224 e. The van der Waals surface area contributed by atoms with Crippen molar-refractivity contribution in [2.45, 2.75) is 12.8 Å². The van der Waals surface area contributed by atoms with E-state index in [1.807, 2.05) is 0 Å². The maximum absolute atomic E-state index is 12.3. The first kappa shape index (κ1) is 17.3. The summed E-state index contributed by atoms with van der Waals surface area (Å²) in [6.45, 7) is 0. The number of methoxy groups -OCH3 is 1. The largest absolute Gasteiger partial charge is 0.496 e. The Morgan fingerprint density at radius 3 is 2.52 bits per heavy atom. The maximum atomic E-state index is 12.3. The highest BCUT2D eigenvalue weighted by atomic mass is 35.5. The van der Waals surface area contributed by atoms with Crippen LogP contribution in [0, 0.1) is 0 Å². The fraction of sp³-hybridized carbons (Fsp3) is 0.176. The number of ketones is 1. The molecule has 0 spiro atoms. The van der Waals surface area contributed by atoms with E-state index in [0.717, 1.165) is 0 Å². The molecule has 6 heteroatoms. The van der Waals surface area contributed by atoms with Gasteiger partial charge in [-0.2, -0.15) is 0 Å². The van der Waals surface area contributed by atoms with Crippen molar-refractivity contribution in [1.29, 1.82) is 0 Å². The molecule has 2 aromatic carbocycles. The van der Waals surface area contributed by atoms with Crippen molar-refractivity contribution in [3.05, 3.63) is 58.1 Å². The normalized spacial score (nSPS) is 10.2. The quantitative estimate of drug-likeness (QED) is 0.773. The highest BCUT2D eigenvalue weighted by Crippen LogP contribution is 2.25. The van der Waals surface area contributed by atoms with Gasteiger partial charge in [0.15, 0.2) is 5.78 Å². The Morgan fingerprint density at radius 2 is 1.83 bits per heavy atom. The number of rotatable bonds is 6. The molecule has 2 rings (SSSR count). The summed E-state index contributed by atoms with van der Waals surface area (Å²) in [5, 5.41) is 3.56. The van der Waals surface area contributed by atoms with Crippen molar-refractivity contribution in [1.82, 2.24) is 0 Å². The van der Waals surface area contributed by atoms with Crippen molar-refractivity contribution in [3.8, 4) is 5.75 Å². The first-order valence-electron chi connectivity index (χ1n) is 6.92. The van der Waals surface area contributed by atoms with Crippen LogP contribution in [0.25, 0.3) is 0 Å². The van der Waals surface area contributed by atoms with Gasteiger partial charge in [0.2, 0.25) is 5.91 Å².